The molecule has 0 atom stereocenters. The predicted molar refractivity (Wildman–Crippen MR) is 197 cm³/mol. The van der Waals surface area contributed by atoms with Crippen LogP contribution in [0.4, 0.5) is 0 Å². The second kappa shape index (κ2) is 11.5. The lowest BCUT2D eigenvalue weighted by Crippen LogP contribution is -2.36. The van der Waals surface area contributed by atoms with Crippen molar-refractivity contribution in [3.05, 3.63) is 88.0 Å². The normalized spacial score (nSPS) is 14.0. The Balaban J connectivity index is 2.72. The van der Waals surface area contributed by atoms with E-state index in [4.69, 9.17) is 0 Å². The van der Waals surface area contributed by atoms with Gasteiger partial charge < -0.3 is 0 Å². The van der Waals surface area contributed by atoms with Crippen LogP contribution in [0.25, 0.3) is 0 Å². The molecule has 236 valence electrons. The molecule has 3 aromatic rings. The second-order valence-electron chi connectivity index (χ2n) is 19.0. The molecule has 1 heteroatoms. The van der Waals surface area contributed by atoms with E-state index in [2.05, 4.69) is 179 Å². The molecule has 0 aliphatic rings. The van der Waals surface area contributed by atoms with Crippen molar-refractivity contribution in [2.24, 2.45) is 0 Å². The second-order valence-corrected chi connectivity index (χ2v) is 21.1. The molecule has 0 saturated heterocycles. The van der Waals surface area contributed by atoms with E-state index in [-0.39, 0.29) is 32.5 Å². The van der Waals surface area contributed by atoms with Crippen molar-refractivity contribution in [3.63, 3.8) is 0 Å². The Labute approximate surface area is 268 Å². The van der Waals surface area contributed by atoms with Crippen molar-refractivity contribution in [1.29, 1.82) is 0 Å². The van der Waals surface area contributed by atoms with E-state index in [0.29, 0.717) is 0 Å². The van der Waals surface area contributed by atoms with Crippen LogP contribution in [0, 0.1) is 0 Å². The van der Waals surface area contributed by atoms with Crippen LogP contribution in [0.3, 0.4) is 0 Å². The third kappa shape index (κ3) is 8.03. The molecule has 0 amide bonds. The first-order valence-corrected chi connectivity index (χ1v) is 17.7. The molecule has 0 heterocycles. The Hall–Kier alpha value is -1.91. The Kier molecular flexibility index (Phi) is 9.49. The standard InChI is InChI=1S/C42H63P/c1-37(2,3)28-19-22-31(40(10,11)12)34(25-28)43(35-26-29(38(4,5)6)20-23-32(35)41(13,14)15)36-27-30(39(7,8)9)21-24-33(36)42(16,17)18/h19-27H,1-18H3. The molecule has 0 fully saturated rings. The van der Waals surface area contributed by atoms with Gasteiger partial charge in [0.25, 0.3) is 0 Å². The summed E-state index contributed by atoms with van der Waals surface area (Å²) < 4.78 is 0. The molecular formula is C42H63P. The van der Waals surface area contributed by atoms with Crippen LogP contribution in [-0.2, 0) is 32.5 Å². The van der Waals surface area contributed by atoms with Gasteiger partial charge in [0.2, 0.25) is 0 Å². The van der Waals surface area contributed by atoms with Gasteiger partial charge in [-0.1, -0.05) is 161 Å². The monoisotopic (exact) mass is 598 g/mol. The average Bonchev–Trinajstić information content (AvgIpc) is 2.80. The Morgan fingerprint density at radius 1 is 0.302 bits per heavy atom. The van der Waals surface area contributed by atoms with E-state index in [1.54, 1.807) is 0 Å². The summed E-state index contributed by atoms with van der Waals surface area (Å²) in [4.78, 5) is 0. The van der Waals surface area contributed by atoms with Crippen molar-refractivity contribution in [3.8, 4) is 0 Å². The molecule has 43 heavy (non-hydrogen) atoms. The molecule has 3 rings (SSSR count). The van der Waals surface area contributed by atoms with Gasteiger partial charge in [-0.15, -0.1) is 0 Å². The van der Waals surface area contributed by atoms with Gasteiger partial charge in [-0.2, -0.15) is 0 Å². The highest BCUT2D eigenvalue weighted by molar-refractivity contribution is 7.80. The fourth-order valence-corrected chi connectivity index (χ4v) is 9.38. The first-order chi connectivity index (χ1) is 19.1. The van der Waals surface area contributed by atoms with Gasteiger partial charge in [0.15, 0.2) is 0 Å². The van der Waals surface area contributed by atoms with E-state index >= 15 is 0 Å². The van der Waals surface area contributed by atoms with E-state index in [9.17, 15) is 0 Å². The first kappa shape index (κ1) is 35.6. The van der Waals surface area contributed by atoms with Gasteiger partial charge >= 0.3 is 0 Å². The third-order valence-electron chi connectivity index (χ3n) is 8.74. The summed E-state index contributed by atoms with van der Waals surface area (Å²) in [5, 5.41) is 4.55. The number of benzene rings is 3. The van der Waals surface area contributed by atoms with Gasteiger partial charge in [-0.25, -0.2) is 0 Å². The molecule has 3 aromatic carbocycles. The zero-order valence-electron chi connectivity index (χ0n) is 31.1. The molecular weight excluding hydrogens is 535 g/mol. The fraction of sp³-hybridized carbons (Fsp3) is 0.571. The highest BCUT2D eigenvalue weighted by Gasteiger charge is 2.35. The van der Waals surface area contributed by atoms with E-state index in [1.807, 2.05) is 0 Å². The van der Waals surface area contributed by atoms with Crippen molar-refractivity contribution in [2.75, 3.05) is 0 Å². The summed E-state index contributed by atoms with van der Waals surface area (Å²) in [6.07, 6.45) is 0. The zero-order valence-corrected chi connectivity index (χ0v) is 32.0. The predicted octanol–water partition coefficient (Wildman–Crippen LogP) is 11.2. The SMILES string of the molecule is CC(C)(C)c1ccc(C(C)(C)C)c(P(c2cc(C(C)(C)C)ccc2C(C)(C)C)c2cc(C(C)(C)C)ccc2C(C)(C)C)c1. The minimum absolute atomic E-state index is 0.0133. The molecule has 0 spiro atoms. The van der Waals surface area contributed by atoms with Crippen molar-refractivity contribution in [1.82, 2.24) is 0 Å². The first-order valence-electron chi connectivity index (χ1n) is 16.4. The van der Waals surface area contributed by atoms with E-state index in [1.165, 1.54) is 49.3 Å². The summed E-state index contributed by atoms with van der Waals surface area (Å²) in [7, 11) is -0.891. The molecule has 0 aliphatic carbocycles. The minimum Gasteiger partial charge on any atom is -0.0582 e. The lowest BCUT2D eigenvalue weighted by Gasteiger charge is -2.37. The zero-order chi connectivity index (χ0) is 33.1. The van der Waals surface area contributed by atoms with Crippen LogP contribution in [-0.4, -0.2) is 0 Å². The fourth-order valence-electron chi connectivity index (χ4n) is 5.84. The summed E-state index contributed by atoms with van der Waals surface area (Å²) in [6.45, 7) is 42.7. The molecule has 0 radical (unpaired) electrons. The summed E-state index contributed by atoms with van der Waals surface area (Å²) in [6, 6.07) is 22.3. The topological polar surface area (TPSA) is 0 Å². The Morgan fingerprint density at radius 2 is 0.512 bits per heavy atom. The number of hydrogen-bond donors (Lipinski definition) is 0. The maximum Gasteiger partial charge on any atom is -0.0111 e. The molecule has 0 unspecified atom stereocenters. The van der Waals surface area contributed by atoms with Crippen LogP contribution in [0.1, 0.15) is 158 Å². The Bertz CT molecular complexity index is 1260. The van der Waals surface area contributed by atoms with Crippen molar-refractivity contribution >= 4 is 23.8 Å². The van der Waals surface area contributed by atoms with Crippen LogP contribution < -0.4 is 15.9 Å². The lowest BCUT2D eigenvalue weighted by molar-refractivity contribution is 0.578. The average molecular weight is 599 g/mol. The lowest BCUT2D eigenvalue weighted by atomic mass is 9.82. The maximum absolute atomic E-state index is 2.60. The molecule has 0 N–H and O–H groups in total. The van der Waals surface area contributed by atoms with Crippen LogP contribution in [0.5, 0.6) is 0 Å². The van der Waals surface area contributed by atoms with Crippen molar-refractivity contribution < 1.29 is 0 Å². The molecule has 0 aromatic heterocycles. The van der Waals surface area contributed by atoms with Gasteiger partial charge in [0.05, 0.1) is 0 Å². The minimum atomic E-state index is -0.891. The maximum atomic E-state index is 2.60. The van der Waals surface area contributed by atoms with E-state index < -0.39 is 7.92 Å². The van der Waals surface area contributed by atoms with Crippen LogP contribution in [0.15, 0.2) is 54.6 Å². The number of hydrogen-bond acceptors (Lipinski definition) is 0. The van der Waals surface area contributed by atoms with Crippen LogP contribution in [0.2, 0.25) is 0 Å². The van der Waals surface area contributed by atoms with Crippen molar-refractivity contribution in [2.45, 2.75) is 157 Å². The summed E-state index contributed by atoms with van der Waals surface area (Å²) in [5.74, 6) is 0. The quantitative estimate of drug-likeness (QED) is 0.263. The van der Waals surface area contributed by atoms with Gasteiger partial charge in [-0.05, 0) is 108 Å². The highest BCUT2D eigenvalue weighted by atomic mass is 31.1. The summed E-state index contributed by atoms with van der Waals surface area (Å²) in [5.41, 5.74) is 8.87. The van der Waals surface area contributed by atoms with Gasteiger partial charge in [0.1, 0.15) is 0 Å². The number of rotatable bonds is 3. The third-order valence-corrected chi connectivity index (χ3v) is 11.3. The molecule has 0 aliphatic heterocycles. The van der Waals surface area contributed by atoms with E-state index in [0.717, 1.165) is 0 Å². The van der Waals surface area contributed by atoms with Crippen LogP contribution >= 0.6 is 7.92 Å². The molecule has 0 bridgehead atoms. The summed E-state index contributed by atoms with van der Waals surface area (Å²) >= 11 is 0. The largest absolute Gasteiger partial charge is 0.0582 e. The van der Waals surface area contributed by atoms with Gasteiger partial charge in [-0.3, -0.25) is 0 Å². The molecule has 0 nitrogen and oxygen atoms in total. The van der Waals surface area contributed by atoms with Gasteiger partial charge in [0, 0.05) is 0 Å². The smallest absolute Gasteiger partial charge is 0.0111 e. The Morgan fingerprint density at radius 3 is 0.674 bits per heavy atom. The highest BCUT2D eigenvalue weighted by Crippen LogP contribution is 2.45. The molecule has 0 saturated carbocycles.